The van der Waals surface area contributed by atoms with Crippen LogP contribution in [0.25, 0.3) is 0 Å². The second-order valence-electron chi connectivity index (χ2n) is 2.10. The first-order valence-corrected chi connectivity index (χ1v) is 2.42. The Morgan fingerprint density at radius 2 is 2.25 bits per heavy atom. The molecule has 1 rings (SSSR count). The maximum Gasteiger partial charge on any atom is 0.263 e. The van der Waals surface area contributed by atoms with Crippen molar-refractivity contribution in [2.45, 2.75) is 18.4 Å². The van der Waals surface area contributed by atoms with Gasteiger partial charge < -0.3 is 5.73 Å². The van der Waals surface area contributed by atoms with Crippen LogP contribution in [0.2, 0.25) is 0 Å². The largest absolute Gasteiger partial charge is 0.317 e. The Hall–Kier alpha value is -0.610. The standard InChI is InChI=1S/C4H8N2O2/c5-4(1-2-4)3(7)6-8/h8H,1-2,5H2,(H,6,7). The molecular weight excluding hydrogens is 108 g/mol. The monoisotopic (exact) mass is 116 g/mol. The average molecular weight is 116 g/mol. The van der Waals surface area contributed by atoms with Crippen LogP contribution in [-0.2, 0) is 4.79 Å². The number of nitrogens with two attached hydrogens (primary N) is 1. The zero-order chi connectivity index (χ0) is 6.20. The maximum atomic E-state index is 10.4. The normalized spacial score (nSPS) is 22.2. The second kappa shape index (κ2) is 1.43. The minimum Gasteiger partial charge on any atom is -0.317 e. The van der Waals surface area contributed by atoms with Gasteiger partial charge in [-0.2, -0.15) is 0 Å². The van der Waals surface area contributed by atoms with Crippen molar-refractivity contribution in [2.75, 3.05) is 0 Å². The summed E-state index contributed by atoms with van der Waals surface area (Å²) in [4.78, 5) is 10.4. The number of hydrogen-bond donors (Lipinski definition) is 3. The van der Waals surface area contributed by atoms with E-state index in [0.29, 0.717) is 12.8 Å². The van der Waals surface area contributed by atoms with E-state index >= 15 is 0 Å². The summed E-state index contributed by atoms with van der Waals surface area (Å²) >= 11 is 0. The van der Waals surface area contributed by atoms with Gasteiger partial charge in [0.25, 0.3) is 5.91 Å². The van der Waals surface area contributed by atoms with Crippen LogP contribution >= 0.6 is 0 Å². The highest BCUT2D eigenvalue weighted by Crippen LogP contribution is 2.31. The summed E-state index contributed by atoms with van der Waals surface area (Å²) in [5.41, 5.74) is 6.09. The summed E-state index contributed by atoms with van der Waals surface area (Å²) in [5.74, 6) is -0.475. The predicted molar refractivity (Wildman–Crippen MR) is 26.1 cm³/mol. The fourth-order valence-electron chi connectivity index (χ4n) is 0.473. The van der Waals surface area contributed by atoms with Gasteiger partial charge in [-0.15, -0.1) is 0 Å². The van der Waals surface area contributed by atoms with Crippen molar-refractivity contribution < 1.29 is 10.0 Å². The third-order valence-corrected chi connectivity index (χ3v) is 1.34. The van der Waals surface area contributed by atoms with E-state index in [1.165, 1.54) is 5.48 Å². The fraction of sp³-hybridized carbons (Fsp3) is 0.750. The van der Waals surface area contributed by atoms with E-state index in [1.807, 2.05) is 0 Å². The van der Waals surface area contributed by atoms with Gasteiger partial charge >= 0.3 is 0 Å². The van der Waals surface area contributed by atoms with E-state index < -0.39 is 11.4 Å². The second-order valence-corrected chi connectivity index (χ2v) is 2.10. The average Bonchev–Trinajstić information content (AvgIpc) is 2.47. The van der Waals surface area contributed by atoms with Crippen LogP contribution in [0.4, 0.5) is 0 Å². The van der Waals surface area contributed by atoms with Gasteiger partial charge in [0.1, 0.15) is 0 Å². The molecule has 0 unspecified atom stereocenters. The lowest BCUT2D eigenvalue weighted by molar-refractivity contribution is -0.131. The number of nitrogens with one attached hydrogen (secondary N) is 1. The molecule has 0 atom stereocenters. The van der Waals surface area contributed by atoms with Gasteiger partial charge in [-0.05, 0) is 12.8 Å². The number of hydroxylamine groups is 1. The predicted octanol–water partition coefficient (Wildman–Crippen LogP) is -1.02. The Balaban J connectivity index is 2.46. The summed E-state index contributed by atoms with van der Waals surface area (Å²) in [6, 6.07) is 0. The number of carbonyl (C=O) groups is 1. The van der Waals surface area contributed by atoms with E-state index in [1.54, 1.807) is 0 Å². The lowest BCUT2D eigenvalue weighted by Crippen LogP contribution is -2.41. The molecule has 0 bridgehead atoms. The van der Waals surface area contributed by atoms with E-state index in [9.17, 15) is 4.79 Å². The van der Waals surface area contributed by atoms with Gasteiger partial charge in [0.2, 0.25) is 0 Å². The lowest BCUT2D eigenvalue weighted by atomic mass is 10.3. The molecule has 1 fully saturated rings. The highest BCUT2D eigenvalue weighted by atomic mass is 16.5. The first-order chi connectivity index (χ1) is 3.69. The Morgan fingerprint density at radius 1 is 1.75 bits per heavy atom. The molecule has 0 aliphatic heterocycles. The molecule has 0 heterocycles. The summed E-state index contributed by atoms with van der Waals surface area (Å²) in [5, 5.41) is 8.03. The number of hydrogen-bond acceptors (Lipinski definition) is 3. The minimum atomic E-state index is -0.741. The first-order valence-electron chi connectivity index (χ1n) is 2.42. The van der Waals surface area contributed by atoms with Crippen LogP contribution in [0.1, 0.15) is 12.8 Å². The van der Waals surface area contributed by atoms with E-state index in [0.717, 1.165) is 0 Å². The Labute approximate surface area is 46.6 Å². The smallest absolute Gasteiger partial charge is 0.263 e. The molecule has 0 aromatic rings. The van der Waals surface area contributed by atoms with Gasteiger partial charge in [0, 0.05) is 0 Å². The Bertz CT molecular complexity index is 119. The van der Waals surface area contributed by atoms with E-state index in [-0.39, 0.29) is 0 Å². The van der Waals surface area contributed by atoms with Crippen molar-refractivity contribution in [1.29, 1.82) is 0 Å². The summed E-state index contributed by atoms with van der Waals surface area (Å²) < 4.78 is 0. The molecule has 4 nitrogen and oxygen atoms in total. The minimum absolute atomic E-state index is 0.475. The van der Waals surface area contributed by atoms with Crippen molar-refractivity contribution in [3.05, 3.63) is 0 Å². The van der Waals surface area contributed by atoms with Gasteiger partial charge in [-0.1, -0.05) is 0 Å². The molecule has 4 N–H and O–H groups in total. The molecule has 0 aromatic heterocycles. The summed E-state index contributed by atoms with van der Waals surface area (Å²) in [7, 11) is 0. The highest BCUT2D eigenvalue weighted by Gasteiger charge is 2.45. The van der Waals surface area contributed by atoms with E-state index in [2.05, 4.69) is 0 Å². The van der Waals surface area contributed by atoms with Crippen molar-refractivity contribution in [2.24, 2.45) is 5.73 Å². The van der Waals surface area contributed by atoms with Gasteiger partial charge in [0.15, 0.2) is 0 Å². The van der Waals surface area contributed by atoms with Gasteiger partial charge in [0.05, 0.1) is 5.54 Å². The topological polar surface area (TPSA) is 75.4 Å². The molecule has 1 saturated carbocycles. The Kier molecular flexibility index (Phi) is 0.988. The number of carbonyl (C=O) groups excluding carboxylic acids is 1. The third-order valence-electron chi connectivity index (χ3n) is 1.34. The first kappa shape index (κ1) is 5.53. The number of amides is 1. The quantitative estimate of drug-likeness (QED) is 0.303. The lowest BCUT2D eigenvalue weighted by Gasteiger charge is -2.02. The van der Waals surface area contributed by atoms with Crippen LogP contribution in [0.5, 0.6) is 0 Å². The van der Waals surface area contributed by atoms with Gasteiger partial charge in [-0.25, -0.2) is 5.48 Å². The highest BCUT2D eigenvalue weighted by molar-refractivity contribution is 5.87. The van der Waals surface area contributed by atoms with Crippen molar-refractivity contribution in [3.63, 3.8) is 0 Å². The van der Waals surface area contributed by atoms with Gasteiger partial charge in [-0.3, -0.25) is 10.0 Å². The fourth-order valence-corrected chi connectivity index (χ4v) is 0.473. The van der Waals surface area contributed by atoms with Crippen LogP contribution in [0, 0.1) is 0 Å². The summed E-state index contributed by atoms with van der Waals surface area (Å²) in [6.45, 7) is 0. The molecule has 0 saturated heterocycles. The summed E-state index contributed by atoms with van der Waals surface area (Å²) in [6.07, 6.45) is 1.36. The molecule has 0 radical (unpaired) electrons. The molecule has 1 amide bonds. The molecular formula is C4H8N2O2. The molecule has 4 heteroatoms. The molecule has 0 aromatic carbocycles. The zero-order valence-corrected chi connectivity index (χ0v) is 4.35. The van der Waals surface area contributed by atoms with Crippen LogP contribution in [0.3, 0.4) is 0 Å². The van der Waals surface area contributed by atoms with E-state index in [4.69, 9.17) is 10.9 Å². The van der Waals surface area contributed by atoms with Crippen LogP contribution in [-0.4, -0.2) is 16.7 Å². The Morgan fingerprint density at radius 3 is 2.38 bits per heavy atom. The van der Waals surface area contributed by atoms with Crippen LogP contribution < -0.4 is 11.2 Å². The molecule has 1 aliphatic rings. The zero-order valence-electron chi connectivity index (χ0n) is 4.35. The third kappa shape index (κ3) is 0.677. The SMILES string of the molecule is NC1(C(=O)NO)CC1. The molecule has 46 valence electrons. The van der Waals surface area contributed by atoms with Crippen LogP contribution in [0.15, 0.2) is 0 Å². The van der Waals surface area contributed by atoms with Crippen molar-refractivity contribution in [3.8, 4) is 0 Å². The number of rotatable bonds is 1. The molecule has 1 aliphatic carbocycles. The van der Waals surface area contributed by atoms with Crippen molar-refractivity contribution >= 4 is 5.91 Å². The molecule has 0 spiro atoms. The molecule has 8 heavy (non-hydrogen) atoms. The van der Waals surface area contributed by atoms with Crippen molar-refractivity contribution in [1.82, 2.24) is 5.48 Å². The maximum absolute atomic E-state index is 10.4.